The maximum atomic E-state index is 12.9. The predicted molar refractivity (Wildman–Crippen MR) is 134 cm³/mol. The Morgan fingerprint density at radius 2 is 1.85 bits per heavy atom. The van der Waals surface area contributed by atoms with Crippen molar-refractivity contribution in [1.29, 1.82) is 5.26 Å². The van der Waals surface area contributed by atoms with Gasteiger partial charge in [0, 0.05) is 45.3 Å². The predicted octanol–water partition coefficient (Wildman–Crippen LogP) is 3.89. The first-order chi connectivity index (χ1) is 15.6. The molecular weight excluding hydrogens is 482 g/mol. The Balaban J connectivity index is 1.61. The first-order valence-electron chi connectivity index (χ1n) is 11.0. The lowest BCUT2D eigenvalue weighted by molar-refractivity contribution is 0.246. The highest BCUT2D eigenvalue weighted by atomic mass is 79.9. The molecule has 1 fully saturated rings. The quantitative estimate of drug-likeness (QED) is 0.539. The minimum atomic E-state index is -0.310. The first kappa shape index (κ1) is 23.3. The van der Waals surface area contributed by atoms with Gasteiger partial charge >= 0.3 is 0 Å². The van der Waals surface area contributed by atoms with Crippen molar-refractivity contribution in [3.63, 3.8) is 0 Å². The van der Waals surface area contributed by atoms with Crippen molar-refractivity contribution in [1.82, 2.24) is 14.5 Å². The van der Waals surface area contributed by atoms with Crippen molar-refractivity contribution in [3.8, 4) is 11.8 Å². The molecule has 0 radical (unpaired) electrons. The van der Waals surface area contributed by atoms with Gasteiger partial charge in [0.15, 0.2) is 0 Å². The van der Waals surface area contributed by atoms with Crippen LogP contribution in [-0.4, -0.2) is 45.7 Å². The van der Waals surface area contributed by atoms with Crippen molar-refractivity contribution in [2.45, 2.75) is 32.7 Å². The van der Waals surface area contributed by atoms with Crippen LogP contribution in [-0.2, 0) is 19.0 Å². The number of piperazine rings is 1. The SMILES string of the molecule is Cn1c(=O)c(C#N)c(N2CCN(Cc3cccc(C(C)(C)C)c3O)CC2)c2nc(Br)ccc21. The van der Waals surface area contributed by atoms with Crippen molar-refractivity contribution in [3.05, 3.63) is 62.0 Å². The third kappa shape index (κ3) is 4.35. The second-order valence-corrected chi connectivity index (χ2v) is 10.3. The Kier molecular flexibility index (Phi) is 6.21. The lowest BCUT2D eigenvalue weighted by Crippen LogP contribution is -2.47. The second-order valence-electron chi connectivity index (χ2n) is 9.53. The van der Waals surface area contributed by atoms with E-state index in [1.54, 1.807) is 13.1 Å². The number of hydrogen-bond acceptors (Lipinski definition) is 6. The first-order valence-corrected chi connectivity index (χ1v) is 11.8. The summed E-state index contributed by atoms with van der Waals surface area (Å²) in [7, 11) is 1.67. The van der Waals surface area contributed by atoms with Crippen molar-refractivity contribution < 1.29 is 5.11 Å². The van der Waals surface area contributed by atoms with E-state index in [0.29, 0.717) is 46.7 Å². The summed E-state index contributed by atoms with van der Waals surface area (Å²) >= 11 is 3.42. The number of nitriles is 1. The minimum absolute atomic E-state index is 0.125. The zero-order valence-corrected chi connectivity index (χ0v) is 21.0. The fraction of sp³-hybridized carbons (Fsp3) is 0.400. The number of benzene rings is 1. The second kappa shape index (κ2) is 8.81. The average molecular weight is 510 g/mol. The standard InChI is InChI=1S/C25H28BrN5O2/c1-25(2,3)18-7-5-6-16(23(18)32)15-30-10-12-31(13-11-30)22-17(14-27)24(33)29(4)19-8-9-20(26)28-21(19)22/h5-9,32H,10-13,15H2,1-4H3. The topological polar surface area (TPSA) is 85.4 Å². The lowest BCUT2D eigenvalue weighted by Gasteiger charge is -2.37. The highest BCUT2D eigenvalue weighted by molar-refractivity contribution is 9.10. The maximum Gasteiger partial charge on any atom is 0.270 e. The molecule has 4 rings (SSSR count). The number of pyridine rings is 2. The number of anilines is 1. The molecule has 0 unspecified atom stereocenters. The van der Waals surface area contributed by atoms with E-state index in [9.17, 15) is 15.2 Å². The summed E-state index contributed by atoms with van der Waals surface area (Å²) in [6, 6.07) is 11.7. The van der Waals surface area contributed by atoms with Crippen LogP contribution in [0, 0.1) is 11.3 Å². The van der Waals surface area contributed by atoms with Gasteiger partial charge < -0.3 is 14.6 Å². The van der Waals surface area contributed by atoms with Crippen LogP contribution in [0.25, 0.3) is 11.0 Å². The van der Waals surface area contributed by atoms with Gasteiger partial charge in [-0.05, 0) is 39.0 Å². The van der Waals surface area contributed by atoms with E-state index >= 15 is 0 Å². The summed E-state index contributed by atoms with van der Waals surface area (Å²) in [6.45, 7) is 9.74. The fourth-order valence-corrected chi connectivity index (χ4v) is 4.78. The van der Waals surface area contributed by atoms with Crippen LogP contribution in [0.1, 0.15) is 37.5 Å². The Bertz CT molecular complexity index is 1310. The highest BCUT2D eigenvalue weighted by Gasteiger charge is 2.26. The fourth-order valence-electron chi connectivity index (χ4n) is 4.47. The van der Waals surface area contributed by atoms with E-state index in [-0.39, 0.29) is 16.5 Å². The Morgan fingerprint density at radius 1 is 1.15 bits per heavy atom. The number of aryl methyl sites for hydroxylation is 1. The highest BCUT2D eigenvalue weighted by Crippen LogP contribution is 2.34. The van der Waals surface area contributed by atoms with Gasteiger partial charge in [-0.3, -0.25) is 9.69 Å². The molecule has 0 atom stereocenters. The van der Waals surface area contributed by atoms with E-state index in [4.69, 9.17) is 0 Å². The minimum Gasteiger partial charge on any atom is -0.507 e. The maximum absolute atomic E-state index is 12.9. The average Bonchev–Trinajstić information content (AvgIpc) is 2.77. The van der Waals surface area contributed by atoms with Crippen LogP contribution in [0.2, 0.25) is 0 Å². The van der Waals surface area contributed by atoms with Gasteiger partial charge in [-0.1, -0.05) is 39.0 Å². The number of rotatable bonds is 3. The van der Waals surface area contributed by atoms with Gasteiger partial charge in [0.2, 0.25) is 0 Å². The van der Waals surface area contributed by atoms with Gasteiger partial charge in [0.25, 0.3) is 5.56 Å². The lowest BCUT2D eigenvalue weighted by atomic mass is 9.85. The Morgan fingerprint density at radius 3 is 2.48 bits per heavy atom. The van der Waals surface area contributed by atoms with Crippen molar-refractivity contribution >= 4 is 32.7 Å². The third-order valence-corrected chi connectivity index (χ3v) is 6.74. The number of aromatic hydroxyl groups is 1. The molecule has 7 nitrogen and oxygen atoms in total. The summed E-state index contributed by atoms with van der Waals surface area (Å²) in [6.07, 6.45) is 0. The molecule has 3 heterocycles. The molecule has 1 aliphatic rings. The molecule has 1 saturated heterocycles. The van der Waals surface area contributed by atoms with E-state index in [0.717, 1.165) is 24.2 Å². The number of phenolic OH excluding ortho intramolecular Hbond substituents is 1. The zero-order chi connectivity index (χ0) is 23.9. The molecule has 2 aromatic heterocycles. The summed E-state index contributed by atoms with van der Waals surface area (Å²) in [4.78, 5) is 21.8. The van der Waals surface area contributed by atoms with Gasteiger partial charge in [0.1, 0.15) is 27.5 Å². The molecule has 1 aliphatic heterocycles. The zero-order valence-electron chi connectivity index (χ0n) is 19.4. The molecule has 172 valence electrons. The monoisotopic (exact) mass is 509 g/mol. The molecule has 0 saturated carbocycles. The molecule has 1 N–H and O–H groups in total. The molecule has 3 aromatic rings. The van der Waals surface area contributed by atoms with Gasteiger partial charge in [-0.25, -0.2) is 4.98 Å². The van der Waals surface area contributed by atoms with Crippen LogP contribution >= 0.6 is 15.9 Å². The van der Waals surface area contributed by atoms with Crippen molar-refractivity contribution in [2.24, 2.45) is 7.05 Å². The largest absolute Gasteiger partial charge is 0.507 e. The number of nitrogens with zero attached hydrogens (tertiary/aromatic N) is 5. The number of hydrogen-bond donors (Lipinski definition) is 1. The number of fused-ring (bicyclic) bond motifs is 1. The number of halogens is 1. The Labute approximate surface area is 202 Å². The van der Waals surface area contributed by atoms with Crippen molar-refractivity contribution in [2.75, 3.05) is 31.1 Å². The van der Waals surface area contributed by atoms with Crippen LogP contribution in [0.4, 0.5) is 5.69 Å². The van der Waals surface area contributed by atoms with E-state index in [1.807, 2.05) is 24.3 Å². The summed E-state index contributed by atoms with van der Waals surface area (Å²) in [5.74, 6) is 0.366. The summed E-state index contributed by atoms with van der Waals surface area (Å²) < 4.78 is 2.14. The molecule has 0 amide bonds. The van der Waals surface area contributed by atoms with Crippen LogP contribution in [0.15, 0.2) is 39.7 Å². The number of phenols is 1. The molecule has 0 spiro atoms. The molecule has 33 heavy (non-hydrogen) atoms. The smallest absolute Gasteiger partial charge is 0.270 e. The normalized spacial score (nSPS) is 15.1. The summed E-state index contributed by atoms with van der Waals surface area (Å²) in [5.41, 5.74) is 3.49. The van der Waals surface area contributed by atoms with E-state index < -0.39 is 0 Å². The summed E-state index contributed by atoms with van der Waals surface area (Å²) in [5, 5.41) is 20.6. The van der Waals surface area contributed by atoms with E-state index in [2.05, 4.69) is 57.6 Å². The van der Waals surface area contributed by atoms with E-state index in [1.165, 1.54) is 4.57 Å². The van der Waals surface area contributed by atoms with Gasteiger partial charge in [-0.15, -0.1) is 0 Å². The van der Waals surface area contributed by atoms with Crippen LogP contribution in [0.5, 0.6) is 5.75 Å². The molecule has 0 aliphatic carbocycles. The van der Waals surface area contributed by atoms with Gasteiger partial charge in [0.05, 0.1) is 11.2 Å². The molecule has 0 bridgehead atoms. The van der Waals surface area contributed by atoms with Crippen LogP contribution < -0.4 is 10.5 Å². The Hall–Kier alpha value is -2.89. The molecular formula is C25H28BrN5O2. The van der Waals surface area contributed by atoms with Gasteiger partial charge in [-0.2, -0.15) is 5.26 Å². The third-order valence-electron chi connectivity index (χ3n) is 6.30. The number of para-hydroxylation sites is 1. The number of aromatic nitrogens is 2. The molecule has 8 heteroatoms. The van der Waals surface area contributed by atoms with Crippen LogP contribution in [0.3, 0.4) is 0 Å². The molecule has 1 aromatic carbocycles.